The van der Waals surface area contributed by atoms with Crippen molar-refractivity contribution >= 4 is 0 Å². The molecule has 0 bridgehead atoms. The lowest BCUT2D eigenvalue weighted by Crippen LogP contribution is -2.30. The highest BCUT2D eigenvalue weighted by Gasteiger charge is 2.24. The van der Waals surface area contributed by atoms with Crippen molar-refractivity contribution < 1.29 is 0 Å². The Bertz CT molecular complexity index is 508. The van der Waals surface area contributed by atoms with Crippen molar-refractivity contribution in [1.82, 2.24) is 10.3 Å². The number of benzene rings is 1. The van der Waals surface area contributed by atoms with E-state index in [4.69, 9.17) is 0 Å². The van der Waals surface area contributed by atoms with Crippen LogP contribution in [0.15, 0.2) is 48.7 Å². The zero-order valence-electron chi connectivity index (χ0n) is 10.5. The van der Waals surface area contributed by atoms with E-state index < -0.39 is 0 Å². The molecule has 1 aliphatic rings. The largest absolute Gasteiger partial charge is 0.316 e. The van der Waals surface area contributed by atoms with Gasteiger partial charge in [-0.25, -0.2) is 0 Å². The fourth-order valence-electron chi connectivity index (χ4n) is 2.58. The maximum Gasteiger partial charge on any atom is 0.0416 e. The molecule has 1 N–H and O–H groups in total. The van der Waals surface area contributed by atoms with Crippen LogP contribution in [0.25, 0.3) is 0 Å². The van der Waals surface area contributed by atoms with Crippen LogP contribution in [0, 0.1) is 0 Å². The number of aromatic nitrogens is 1. The smallest absolute Gasteiger partial charge is 0.0416 e. The van der Waals surface area contributed by atoms with Crippen molar-refractivity contribution in [2.24, 2.45) is 0 Å². The summed E-state index contributed by atoms with van der Waals surface area (Å²) in [5, 5.41) is 3.54. The zero-order chi connectivity index (χ0) is 12.2. The highest BCUT2D eigenvalue weighted by Crippen LogP contribution is 2.33. The lowest BCUT2D eigenvalue weighted by atomic mass is 9.77. The van der Waals surface area contributed by atoms with Crippen LogP contribution in [-0.4, -0.2) is 18.1 Å². The van der Waals surface area contributed by atoms with E-state index in [0.29, 0.717) is 5.92 Å². The Morgan fingerprint density at radius 1 is 1.11 bits per heavy atom. The molecular formula is C16H18N2. The highest BCUT2D eigenvalue weighted by atomic mass is 14.9. The molecule has 1 aromatic carbocycles. The predicted octanol–water partition coefficient (Wildman–Crippen LogP) is 2.55. The topological polar surface area (TPSA) is 24.9 Å². The van der Waals surface area contributed by atoms with Gasteiger partial charge in [0.25, 0.3) is 0 Å². The molecule has 0 aliphatic heterocycles. The van der Waals surface area contributed by atoms with Crippen LogP contribution in [-0.2, 0) is 12.8 Å². The average Bonchev–Trinajstić information content (AvgIpc) is 2.40. The third-order valence-corrected chi connectivity index (χ3v) is 3.64. The molecule has 0 saturated heterocycles. The van der Waals surface area contributed by atoms with E-state index in [-0.39, 0.29) is 0 Å². The molecule has 2 aromatic rings. The van der Waals surface area contributed by atoms with Gasteiger partial charge in [0.15, 0.2) is 0 Å². The van der Waals surface area contributed by atoms with Gasteiger partial charge in [-0.15, -0.1) is 0 Å². The Balaban J connectivity index is 1.42. The van der Waals surface area contributed by atoms with Crippen LogP contribution in [0.3, 0.4) is 0 Å². The molecule has 1 aromatic heterocycles. The van der Waals surface area contributed by atoms with Gasteiger partial charge in [-0.05, 0) is 29.7 Å². The first kappa shape index (κ1) is 11.4. The van der Waals surface area contributed by atoms with E-state index in [2.05, 4.69) is 40.6 Å². The van der Waals surface area contributed by atoms with E-state index in [1.807, 2.05) is 18.3 Å². The molecule has 0 saturated carbocycles. The molecule has 1 heterocycles. The maximum absolute atomic E-state index is 4.33. The number of hydrogen-bond acceptors (Lipinski definition) is 2. The normalized spacial score (nSPS) is 17.0. The molecule has 1 atom stereocenters. The minimum Gasteiger partial charge on any atom is -0.316 e. The molecule has 0 spiro atoms. The second-order valence-corrected chi connectivity index (χ2v) is 4.88. The SMILES string of the molecule is c1ccc(CCNCC2Cc3ccccc32)nc1. The van der Waals surface area contributed by atoms with Gasteiger partial charge < -0.3 is 5.32 Å². The fourth-order valence-corrected chi connectivity index (χ4v) is 2.58. The summed E-state index contributed by atoms with van der Waals surface area (Å²) in [5.41, 5.74) is 4.22. The second kappa shape index (κ2) is 5.32. The first-order chi connectivity index (χ1) is 8.93. The minimum atomic E-state index is 0.713. The van der Waals surface area contributed by atoms with Crippen molar-refractivity contribution in [2.45, 2.75) is 18.8 Å². The van der Waals surface area contributed by atoms with Gasteiger partial charge in [-0.3, -0.25) is 4.98 Å². The van der Waals surface area contributed by atoms with Gasteiger partial charge in [-0.2, -0.15) is 0 Å². The highest BCUT2D eigenvalue weighted by molar-refractivity contribution is 5.40. The van der Waals surface area contributed by atoms with Crippen molar-refractivity contribution in [1.29, 1.82) is 0 Å². The molecule has 3 rings (SSSR count). The van der Waals surface area contributed by atoms with Crippen LogP contribution in [0.2, 0.25) is 0 Å². The van der Waals surface area contributed by atoms with Crippen molar-refractivity contribution in [3.8, 4) is 0 Å². The summed E-state index contributed by atoms with van der Waals surface area (Å²) in [6, 6.07) is 14.8. The summed E-state index contributed by atoms with van der Waals surface area (Å²) in [4.78, 5) is 4.33. The average molecular weight is 238 g/mol. The van der Waals surface area contributed by atoms with Crippen LogP contribution in [0.4, 0.5) is 0 Å². The molecule has 18 heavy (non-hydrogen) atoms. The summed E-state index contributed by atoms with van der Waals surface area (Å²) in [7, 11) is 0. The van der Waals surface area contributed by atoms with E-state index >= 15 is 0 Å². The lowest BCUT2D eigenvalue weighted by molar-refractivity contribution is 0.536. The molecule has 0 fully saturated rings. The van der Waals surface area contributed by atoms with Crippen molar-refractivity contribution in [2.75, 3.05) is 13.1 Å². The number of nitrogens with one attached hydrogen (secondary N) is 1. The summed E-state index contributed by atoms with van der Waals surface area (Å²) in [6.45, 7) is 2.10. The number of rotatable bonds is 5. The number of hydrogen-bond donors (Lipinski definition) is 1. The van der Waals surface area contributed by atoms with Crippen LogP contribution < -0.4 is 5.32 Å². The summed E-state index contributed by atoms with van der Waals surface area (Å²) >= 11 is 0. The molecule has 1 unspecified atom stereocenters. The van der Waals surface area contributed by atoms with Crippen molar-refractivity contribution in [3.05, 3.63) is 65.5 Å². The number of pyridine rings is 1. The van der Waals surface area contributed by atoms with Gasteiger partial charge in [-0.1, -0.05) is 30.3 Å². The van der Waals surface area contributed by atoms with E-state index in [1.165, 1.54) is 23.2 Å². The first-order valence-electron chi connectivity index (χ1n) is 6.62. The third-order valence-electron chi connectivity index (χ3n) is 3.64. The summed E-state index contributed by atoms with van der Waals surface area (Å²) in [5.74, 6) is 0.713. The van der Waals surface area contributed by atoms with Gasteiger partial charge in [0.2, 0.25) is 0 Å². The third kappa shape index (κ3) is 2.44. The maximum atomic E-state index is 4.33. The van der Waals surface area contributed by atoms with Gasteiger partial charge >= 0.3 is 0 Å². The van der Waals surface area contributed by atoms with Crippen LogP contribution in [0.5, 0.6) is 0 Å². The Morgan fingerprint density at radius 3 is 2.83 bits per heavy atom. The molecular weight excluding hydrogens is 220 g/mol. The molecule has 1 aliphatic carbocycles. The number of fused-ring (bicyclic) bond motifs is 1. The first-order valence-corrected chi connectivity index (χ1v) is 6.62. The molecule has 92 valence electrons. The van der Waals surface area contributed by atoms with Gasteiger partial charge in [0.1, 0.15) is 0 Å². The quantitative estimate of drug-likeness (QED) is 0.810. The second-order valence-electron chi connectivity index (χ2n) is 4.88. The van der Waals surface area contributed by atoms with Gasteiger partial charge in [0, 0.05) is 37.3 Å². The Morgan fingerprint density at radius 2 is 2.00 bits per heavy atom. The lowest BCUT2D eigenvalue weighted by Gasteiger charge is -2.30. The summed E-state index contributed by atoms with van der Waals surface area (Å²) < 4.78 is 0. The molecule has 0 radical (unpaired) electrons. The Labute approximate surface area is 108 Å². The number of nitrogens with zero attached hydrogens (tertiary/aromatic N) is 1. The van der Waals surface area contributed by atoms with E-state index in [0.717, 1.165) is 19.5 Å². The van der Waals surface area contributed by atoms with E-state index in [9.17, 15) is 0 Å². The molecule has 2 heteroatoms. The Hall–Kier alpha value is -1.67. The van der Waals surface area contributed by atoms with E-state index in [1.54, 1.807) is 0 Å². The predicted molar refractivity (Wildman–Crippen MR) is 73.7 cm³/mol. The molecule has 2 nitrogen and oxygen atoms in total. The van der Waals surface area contributed by atoms with Crippen LogP contribution in [0.1, 0.15) is 22.7 Å². The van der Waals surface area contributed by atoms with Crippen LogP contribution >= 0.6 is 0 Å². The zero-order valence-corrected chi connectivity index (χ0v) is 10.5. The minimum absolute atomic E-state index is 0.713. The van der Waals surface area contributed by atoms with Crippen molar-refractivity contribution in [3.63, 3.8) is 0 Å². The standard InChI is InChI=1S/C16H18N2/c1-2-7-16-13(5-1)11-14(16)12-17-10-8-15-6-3-4-9-18-15/h1-7,9,14,17H,8,10-12H2. The molecule has 0 amide bonds. The fraction of sp³-hybridized carbons (Fsp3) is 0.312. The summed E-state index contributed by atoms with van der Waals surface area (Å²) in [6.07, 6.45) is 4.10. The van der Waals surface area contributed by atoms with Gasteiger partial charge in [0.05, 0.1) is 0 Å². The Kier molecular flexibility index (Phi) is 3.37. The monoisotopic (exact) mass is 238 g/mol.